The lowest BCUT2D eigenvalue weighted by Gasteiger charge is -2.36. The minimum Gasteiger partial charge on any atom is -0.380 e. The molecule has 0 radical (unpaired) electrons. The fourth-order valence-electron chi connectivity index (χ4n) is 9.77. The van der Waals surface area contributed by atoms with Crippen LogP contribution in [0.2, 0.25) is 0 Å². The summed E-state index contributed by atoms with van der Waals surface area (Å²) in [7, 11) is -2.17. The van der Waals surface area contributed by atoms with E-state index in [4.69, 9.17) is 20.2 Å². The molecule has 2 saturated heterocycles. The van der Waals surface area contributed by atoms with Crippen molar-refractivity contribution in [1.82, 2.24) is 28.7 Å². The van der Waals surface area contributed by atoms with E-state index < -0.39 is 19.1 Å². The van der Waals surface area contributed by atoms with Crippen molar-refractivity contribution >= 4 is 97.0 Å². The number of aromatic amines is 1. The van der Waals surface area contributed by atoms with Gasteiger partial charge in [-0.05, 0) is 169 Å². The van der Waals surface area contributed by atoms with E-state index in [1.807, 2.05) is 18.5 Å². The standard InChI is InChI=1S/C24H28IN3O3S.C18H24IN3O.C6H5ClO2S/c25-23-17-28(32(29,30)21-5-2-1-3-6-21)24-22(23)15-19(16-26-24)18-7-9-20(10-8-18)27-11-4-13-31-14-12-27;19-17-12-21-18-16(17)10-14(11-20-18)13-2-4-15(5-3-13)22-6-1-8-23-9-7-22;7-10(8,9)6-4-2-1-3-5-6/h1-3,5-6,15-18,20H,4,7-14H2;10-13,15H,1-9H2,(H,20,21);1-5H. The molecule has 348 valence electrons. The van der Waals surface area contributed by atoms with E-state index in [1.54, 1.807) is 48.7 Å². The van der Waals surface area contributed by atoms with Crippen LogP contribution in [0, 0.1) is 7.14 Å². The van der Waals surface area contributed by atoms with Crippen molar-refractivity contribution in [2.24, 2.45) is 0 Å². The molecule has 2 aliphatic carbocycles. The number of hydrogen-bond donors (Lipinski definition) is 1. The van der Waals surface area contributed by atoms with Crippen molar-refractivity contribution in [1.29, 1.82) is 0 Å². The van der Waals surface area contributed by atoms with Crippen LogP contribution >= 0.6 is 55.9 Å². The molecule has 0 spiro atoms. The smallest absolute Gasteiger partial charge is 0.269 e. The Morgan fingerprint density at radius 2 is 1.12 bits per heavy atom. The second kappa shape index (κ2) is 22.6. The van der Waals surface area contributed by atoms with Crippen LogP contribution in [-0.2, 0) is 28.5 Å². The average Bonchev–Trinajstić information content (AvgIpc) is 3.58. The Kier molecular flexibility index (Phi) is 17.0. The topological polar surface area (TPSA) is 140 Å². The van der Waals surface area contributed by atoms with Crippen molar-refractivity contribution in [3.63, 3.8) is 0 Å². The normalized spacial score (nSPS) is 22.8. The number of halogens is 3. The van der Waals surface area contributed by atoms with E-state index in [2.05, 4.69) is 88.3 Å². The molecule has 0 atom stereocenters. The largest absolute Gasteiger partial charge is 0.380 e. The first-order valence-electron chi connectivity index (χ1n) is 22.7. The van der Waals surface area contributed by atoms with E-state index >= 15 is 0 Å². The molecular weight excluding hydrogens is 1110 g/mol. The minimum atomic E-state index is -3.67. The van der Waals surface area contributed by atoms with Crippen LogP contribution in [0.5, 0.6) is 0 Å². The summed E-state index contributed by atoms with van der Waals surface area (Å²) in [6.07, 6.45) is 19.9. The van der Waals surface area contributed by atoms with Gasteiger partial charge in [0.2, 0.25) is 0 Å². The number of nitrogens with zero attached hydrogens (tertiary/aromatic N) is 5. The van der Waals surface area contributed by atoms with E-state index in [1.165, 1.54) is 87.7 Å². The minimum absolute atomic E-state index is 0.136. The zero-order valence-electron chi connectivity index (χ0n) is 36.4. The predicted octanol–water partition coefficient (Wildman–Crippen LogP) is 10.2. The highest BCUT2D eigenvalue weighted by Crippen LogP contribution is 2.38. The Hall–Kier alpha value is -2.69. The van der Waals surface area contributed by atoms with Gasteiger partial charge in [0.15, 0.2) is 5.65 Å². The summed E-state index contributed by atoms with van der Waals surface area (Å²) in [5.41, 5.74) is 4.16. The molecule has 2 saturated carbocycles. The quantitative estimate of drug-likeness (QED) is 0.121. The molecule has 10 rings (SSSR count). The average molecular weight is 1170 g/mol. The lowest BCUT2D eigenvalue weighted by Crippen LogP contribution is -2.39. The molecule has 4 aliphatic rings. The van der Waals surface area contributed by atoms with E-state index in [0.717, 1.165) is 86.0 Å². The Morgan fingerprint density at radius 3 is 1.65 bits per heavy atom. The van der Waals surface area contributed by atoms with Crippen molar-refractivity contribution in [3.8, 4) is 0 Å². The number of rotatable bonds is 7. The number of pyridine rings is 2. The van der Waals surface area contributed by atoms with Crippen LogP contribution in [-0.4, -0.2) is 110 Å². The third kappa shape index (κ3) is 12.3. The van der Waals surface area contributed by atoms with Crippen LogP contribution in [0.1, 0.15) is 87.2 Å². The number of aromatic nitrogens is 4. The Bertz CT molecular complexity index is 2690. The second-order valence-corrected chi connectivity index (χ2v) is 24.0. The van der Waals surface area contributed by atoms with Gasteiger partial charge in [-0.1, -0.05) is 36.4 Å². The fourth-order valence-corrected chi connectivity index (χ4v) is 13.3. The van der Waals surface area contributed by atoms with Gasteiger partial charge < -0.3 is 14.5 Å². The molecule has 2 aromatic carbocycles. The first-order chi connectivity index (χ1) is 31.5. The zero-order chi connectivity index (χ0) is 45.4. The van der Waals surface area contributed by atoms with Gasteiger partial charge in [-0.15, -0.1) is 0 Å². The summed E-state index contributed by atoms with van der Waals surface area (Å²) in [5, 5.41) is 2.18. The fraction of sp³-hybridized carbons (Fsp3) is 0.458. The molecule has 1 N–H and O–H groups in total. The molecule has 2 aliphatic heterocycles. The molecule has 6 aromatic rings. The van der Waals surface area contributed by atoms with E-state index in [9.17, 15) is 16.8 Å². The third-order valence-electron chi connectivity index (χ3n) is 13.3. The summed E-state index contributed by atoms with van der Waals surface area (Å²) in [6, 6.07) is 22.3. The number of ether oxygens (including phenoxy) is 2. The van der Waals surface area contributed by atoms with Crippen LogP contribution < -0.4 is 0 Å². The van der Waals surface area contributed by atoms with Crippen LogP contribution in [0.4, 0.5) is 0 Å². The highest BCUT2D eigenvalue weighted by atomic mass is 127. The van der Waals surface area contributed by atoms with Crippen LogP contribution in [0.3, 0.4) is 0 Å². The third-order valence-corrected chi connectivity index (χ3v) is 18.1. The first-order valence-corrected chi connectivity index (χ1v) is 28.6. The monoisotopic (exact) mass is 1170 g/mol. The Balaban J connectivity index is 0.000000151. The summed E-state index contributed by atoms with van der Waals surface area (Å²) in [5.74, 6) is 1.16. The van der Waals surface area contributed by atoms with E-state index in [0.29, 0.717) is 23.5 Å². The molecule has 6 heterocycles. The molecule has 4 aromatic heterocycles. The molecule has 0 amide bonds. The van der Waals surface area contributed by atoms with Gasteiger partial charge in [0.1, 0.15) is 5.65 Å². The molecular formula is C48H57ClI2N6O6S2. The van der Waals surface area contributed by atoms with Gasteiger partial charge in [0, 0.05) is 105 Å². The van der Waals surface area contributed by atoms with Crippen LogP contribution in [0.25, 0.3) is 22.1 Å². The lowest BCUT2D eigenvalue weighted by molar-refractivity contribution is 0.118. The summed E-state index contributed by atoms with van der Waals surface area (Å²) >= 11 is 4.61. The van der Waals surface area contributed by atoms with Gasteiger partial charge in [0.25, 0.3) is 19.1 Å². The maximum absolute atomic E-state index is 13.2. The number of H-pyrrole nitrogens is 1. The molecule has 12 nitrogen and oxygen atoms in total. The van der Waals surface area contributed by atoms with Gasteiger partial charge in [-0.3, -0.25) is 9.80 Å². The zero-order valence-corrected chi connectivity index (χ0v) is 43.1. The first kappa shape index (κ1) is 48.8. The van der Waals surface area contributed by atoms with Crippen molar-refractivity contribution in [3.05, 3.63) is 116 Å². The maximum Gasteiger partial charge on any atom is 0.269 e. The van der Waals surface area contributed by atoms with Crippen molar-refractivity contribution in [2.75, 3.05) is 52.6 Å². The maximum atomic E-state index is 13.2. The van der Waals surface area contributed by atoms with Gasteiger partial charge in [0.05, 0.1) is 23.0 Å². The van der Waals surface area contributed by atoms with Crippen molar-refractivity contribution in [2.45, 2.75) is 97.9 Å². The Morgan fingerprint density at radius 1 is 0.615 bits per heavy atom. The highest BCUT2D eigenvalue weighted by molar-refractivity contribution is 14.1. The SMILES string of the molecule is Ic1c[nH]c2ncc(C3CCC(N4CCCOCC4)CC3)cc12.O=S(=O)(Cl)c1ccccc1.O=S(=O)(c1ccccc1)n1cc(I)c2cc(C3CCC(N4CCCOCC4)CC3)cnc21. The summed E-state index contributed by atoms with van der Waals surface area (Å²) in [4.78, 5) is 18.2. The Labute approximate surface area is 415 Å². The number of fused-ring (bicyclic) bond motifs is 2. The van der Waals surface area contributed by atoms with Gasteiger partial charge in [-0.2, -0.15) is 0 Å². The van der Waals surface area contributed by atoms with E-state index in [-0.39, 0.29) is 9.79 Å². The molecule has 4 fully saturated rings. The lowest BCUT2D eigenvalue weighted by atomic mass is 9.81. The van der Waals surface area contributed by atoms with Gasteiger partial charge >= 0.3 is 0 Å². The molecule has 17 heteroatoms. The molecule has 65 heavy (non-hydrogen) atoms. The molecule has 0 bridgehead atoms. The number of nitrogens with one attached hydrogen (secondary N) is 1. The second-order valence-electron chi connectivity index (χ2n) is 17.3. The highest BCUT2D eigenvalue weighted by Gasteiger charge is 2.30. The summed E-state index contributed by atoms with van der Waals surface area (Å²) in [6.45, 7) is 8.10. The van der Waals surface area contributed by atoms with Gasteiger partial charge in [-0.25, -0.2) is 30.8 Å². The predicted molar refractivity (Wildman–Crippen MR) is 274 cm³/mol. The number of benzene rings is 2. The number of hydrogen-bond acceptors (Lipinski definition) is 10. The van der Waals surface area contributed by atoms with Crippen molar-refractivity contribution < 1.29 is 26.3 Å². The van der Waals surface area contributed by atoms with Crippen LogP contribution in [0.15, 0.2) is 107 Å². The summed E-state index contributed by atoms with van der Waals surface area (Å²) < 4.78 is 62.2. The molecule has 0 unspecified atom stereocenters.